The maximum atomic E-state index is 12.2. The first-order valence-electron chi connectivity index (χ1n) is 6.73. The second-order valence-corrected chi connectivity index (χ2v) is 5.15. The number of hydrogen-bond donors (Lipinski definition) is 1. The van der Waals surface area contributed by atoms with Crippen LogP contribution in [0.5, 0.6) is 5.75 Å². The third kappa shape index (κ3) is 3.26. The zero-order chi connectivity index (χ0) is 13.8. The maximum absolute atomic E-state index is 12.2. The molecule has 2 rings (SSSR count). The number of carbonyl (C=O) groups excluding carboxylic acids is 1. The van der Waals surface area contributed by atoms with E-state index in [2.05, 4.69) is 11.4 Å². The monoisotopic (exact) mass is 262 g/mol. The normalized spacial score (nSPS) is 18.4. The van der Waals surface area contributed by atoms with Crippen LogP contribution in [-0.2, 0) is 11.3 Å². The zero-order valence-corrected chi connectivity index (χ0v) is 11.9. The van der Waals surface area contributed by atoms with Gasteiger partial charge in [0.1, 0.15) is 5.75 Å². The smallest absolute Gasteiger partial charge is 0.239 e. The summed E-state index contributed by atoms with van der Waals surface area (Å²) in [5, 5.41) is 3.24. The summed E-state index contributed by atoms with van der Waals surface area (Å²) in [6.07, 6.45) is 2.04. The number of amides is 1. The Morgan fingerprint density at radius 1 is 1.53 bits per heavy atom. The molecule has 104 valence electrons. The van der Waals surface area contributed by atoms with Crippen molar-refractivity contribution in [2.75, 3.05) is 20.7 Å². The van der Waals surface area contributed by atoms with Crippen LogP contribution in [0.3, 0.4) is 0 Å². The minimum Gasteiger partial charge on any atom is -0.496 e. The predicted molar refractivity (Wildman–Crippen MR) is 75.2 cm³/mol. The van der Waals surface area contributed by atoms with Crippen molar-refractivity contribution in [1.82, 2.24) is 10.2 Å². The van der Waals surface area contributed by atoms with Gasteiger partial charge in [0.15, 0.2) is 0 Å². The molecule has 1 N–H and O–H groups in total. The molecule has 1 aromatic carbocycles. The molecule has 0 radical (unpaired) electrons. The molecular weight excluding hydrogens is 240 g/mol. The molecule has 0 bridgehead atoms. The van der Waals surface area contributed by atoms with E-state index in [0.717, 1.165) is 36.3 Å². The lowest BCUT2D eigenvalue weighted by molar-refractivity contribution is -0.132. The largest absolute Gasteiger partial charge is 0.496 e. The maximum Gasteiger partial charge on any atom is 0.239 e. The van der Waals surface area contributed by atoms with Crippen LogP contribution in [0.15, 0.2) is 18.2 Å². The van der Waals surface area contributed by atoms with Crippen molar-refractivity contribution in [2.45, 2.75) is 32.4 Å². The number of nitrogens with zero attached hydrogens (tertiary/aromatic N) is 1. The summed E-state index contributed by atoms with van der Waals surface area (Å²) in [7, 11) is 3.53. The minimum atomic E-state index is 0.00402. The third-order valence-corrected chi connectivity index (χ3v) is 3.61. The molecule has 4 heteroatoms. The van der Waals surface area contributed by atoms with Crippen molar-refractivity contribution in [3.8, 4) is 5.75 Å². The van der Waals surface area contributed by atoms with Crippen molar-refractivity contribution < 1.29 is 9.53 Å². The fraction of sp³-hybridized carbons (Fsp3) is 0.533. The number of ether oxygens (including phenoxy) is 1. The van der Waals surface area contributed by atoms with Crippen LogP contribution in [0.1, 0.15) is 24.0 Å². The van der Waals surface area contributed by atoms with Gasteiger partial charge in [0.05, 0.1) is 13.2 Å². The van der Waals surface area contributed by atoms with Gasteiger partial charge in [0, 0.05) is 13.6 Å². The first-order valence-corrected chi connectivity index (χ1v) is 6.73. The van der Waals surface area contributed by atoms with E-state index >= 15 is 0 Å². The van der Waals surface area contributed by atoms with Gasteiger partial charge in [-0.05, 0) is 43.5 Å². The fourth-order valence-electron chi connectivity index (χ4n) is 2.55. The SMILES string of the molecule is COc1ccc(CN(C)C(=O)C2CCCN2)cc1C. The fourth-order valence-corrected chi connectivity index (χ4v) is 2.55. The summed E-state index contributed by atoms with van der Waals surface area (Å²) in [6, 6.07) is 6.04. The van der Waals surface area contributed by atoms with Gasteiger partial charge < -0.3 is 15.0 Å². The summed E-state index contributed by atoms with van der Waals surface area (Å²) in [5.41, 5.74) is 2.23. The quantitative estimate of drug-likeness (QED) is 0.898. The third-order valence-electron chi connectivity index (χ3n) is 3.61. The lowest BCUT2D eigenvalue weighted by Gasteiger charge is -2.21. The number of hydrogen-bond acceptors (Lipinski definition) is 3. The Bertz CT molecular complexity index is 453. The highest BCUT2D eigenvalue weighted by Crippen LogP contribution is 2.19. The van der Waals surface area contributed by atoms with Crippen LogP contribution in [0, 0.1) is 6.92 Å². The Kier molecular flexibility index (Phi) is 4.43. The second kappa shape index (κ2) is 6.06. The van der Waals surface area contributed by atoms with E-state index in [9.17, 15) is 4.79 Å². The molecule has 1 unspecified atom stereocenters. The van der Waals surface area contributed by atoms with Crippen molar-refractivity contribution in [3.05, 3.63) is 29.3 Å². The Hall–Kier alpha value is -1.55. The van der Waals surface area contributed by atoms with E-state index in [4.69, 9.17) is 4.74 Å². The lowest BCUT2D eigenvalue weighted by atomic mass is 10.1. The van der Waals surface area contributed by atoms with Crippen LogP contribution < -0.4 is 10.1 Å². The molecule has 0 spiro atoms. The summed E-state index contributed by atoms with van der Waals surface area (Å²) in [5.74, 6) is 1.07. The topological polar surface area (TPSA) is 41.6 Å². The standard InChI is InChI=1S/C15H22N2O2/c1-11-9-12(6-7-14(11)19-3)10-17(2)15(18)13-5-4-8-16-13/h6-7,9,13,16H,4-5,8,10H2,1-3H3. The molecular formula is C15H22N2O2. The average molecular weight is 262 g/mol. The molecule has 1 aromatic rings. The van der Waals surface area contributed by atoms with Crippen LogP contribution in [-0.4, -0.2) is 37.6 Å². The van der Waals surface area contributed by atoms with E-state index in [1.165, 1.54) is 0 Å². The number of nitrogens with one attached hydrogen (secondary N) is 1. The molecule has 19 heavy (non-hydrogen) atoms. The summed E-state index contributed by atoms with van der Waals surface area (Å²) in [4.78, 5) is 14.0. The molecule has 1 atom stereocenters. The number of aryl methyl sites for hydroxylation is 1. The summed E-state index contributed by atoms with van der Waals surface area (Å²) >= 11 is 0. The first-order chi connectivity index (χ1) is 9.11. The molecule has 1 aliphatic rings. The highest BCUT2D eigenvalue weighted by atomic mass is 16.5. The molecule has 1 heterocycles. The number of carbonyl (C=O) groups is 1. The van der Waals surface area contributed by atoms with Crippen molar-refractivity contribution in [1.29, 1.82) is 0 Å². The van der Waals surface area contributed by atoms with Gasteiger partial charge in [-0.25, -0.2) is 0 Å². The van der Waals surface area contributed by atoms with Crippen molar-refractivity contribution in [3.63, 3.8) is 0 Å². The van der Waals surface area contributed by atoms with Crippen LogP contribution >= 0.6 is 0 Å². The molecule has 4 nitrogen and oxygen atoms in total. The Balaban J connectivity index is 1.99. The minimum absolute atomic E-state index is 0.00402. The molecule has 1 aliphatic heterocycles. The van der Waals surface area contributed by atoms with E-state index in [1.807, 2.05) is 26.1 Å². The number of methoxy groups -OCH3 is 1. The highest BCUT2D eigenvalue weighted by Gasteiger charge is 2.24. The van der Waals surface area contributed by atoms with E-state index in [0.29, 0.717) is 6.54 Å². The van der Waals surface area contributed by atoms with Gasteiger partial charge in [-0.1, -0.05) is 12.1 Å². The Morgan fingerprint density at radius 2 is 2.32 bits per heavy atom. The summed E-state index contributed by atoms with van der Waals surface area (Å²) < 4.78 is 5.24. The van der Waals surface area contributed by atoms with Crippen LogP contribution in [0.2, 0.25) is 0 Å². The van der Waals surface area contributed by atoms with Crippen LogP contribution in [0.4, 0.5) is 0 Å². The lowest BCUT2D eigenvalue weighted by Crippen LogP contribution is -2.41. The highest BCUT2D eigenvalue weighted by molar-refractivity contribution is 5.81. The second-order valence-electron chi connectivity index (χ2n) is 5.15. The molecule has 0 aliphatic carbocycles. The molecule has 1 amide bonds. The predicted octanol–water partition coefficient (Wildman–Crippen LogP) is 1.71. The van der Waals surface area contributed by atoms with Gasteiger partial charge in [0.2, 0.25) is 5.91 Å². The average Bonchev–Trinajstić information content (AvgIpc) is 2.92. The van der Waals surface area contributed by atoms with Crippen molar-refractivity contribution >= 4 is 5.91 Å². The molecule has 1 fully saturated rings. The first kappa shape index (κ1) is 13.9. The van der Waals surface area contributed by atoms with E-state index in [-0.39, 0.29) is 11.9 Å². The molecule has 0 saturated carbocycles. The van der Waals surface area contributed by atoms with Gasteiger partial charge in [0.25, 0.3) is 0 Å². The summed E-state index contributed by atoms with van der Waals surface area (Å²) in [6.45, 7) is 3.61. The zero-order valence-electron chi connectivity index (χ0n) is 11.9. The van der Waals surface area contributed by atoms with Gasteiger partial charge in [-0.3, -0.25) is 4.79 Å². The van der Waals surface area contributed by atoms with Gasteiger partial charge in [-0.15, -0.1) is 0 Å². The van der Waals surface area contributed by atoms with Gasteiger partial charge in [-0.2, -0.15) is 0 Å². The number of benzene rings is 1. The van der Waals surface area contributed by atoms with Crippen LogP contribution in [0.25, 0.3) is 0 Å². The number of likely N-dealkylation sites (N-methyl/N-ethyl adjacent to an activating group) is 1. The Morgan fingerprint density at radius 3 is 2.89 bits per heavy atom. The number of rotatable bonds is 4. The van der Waals surface area contributed by atoms with E-state index < -0.39 is 0 Å². The molecule has 1 saturated heterocycles. The van der Waals surface area contributed by atoms with E-state index in [1.54, 1.807) is 12.0 Å². The molecule has 0 aromatic heterocycles. The van der Waals surface area contributed by atoms with Crippen molar-refractivity contribution in [2.24, 2.45) is 0 Å². The van der Waals surface area contributed by atoms with Gasteiger partial charge >= 0.3 is 0 Å². The Labute approximate surface area is 114 Å².